The van der Waals surface area contributed by atoms with Crippen LogP contribution in [0.4, 0.5) is 0 Å². The fourth-order valence-corrected chi connectivity index (χ4v) is 2.97. The Balaban J connectivity index is 1.94. The summed E-state index contributed by atoms with van der Waals surface area (Å²) in [5, 5.41) is 0. The molecule has 22 heavy (non-hydrogen) atoms. The van der Waals surface area contributed by atoms with E-state index in [1.165, 1.54) is 5.56 Å². The lowest BCUT2D eigenvalue weighted by Crippen LogP contribution is -2.42. The largest absolute Gasteiger partial charge is 0.378 e. The average molecular weight is 320 g/mol. The molecular formula is C17H24N2O2S. The Morgan fingerprint density at radius 3 is 2.55 bits per heavy atom. The molecule has 1 amide bonds. The first kappa shape index (κ1) is 16.9. The summed E-state index contributed by atoms with van der Waals surface area (Å²) in [5.74, 6) is 0.185. The summed E-state index contributed by atoms with van der Waals surface area (Å²) in [5.41, 5.74) is 1.21. The molecule has 120 valence electrons. The number of benzene rings is 1. The summed E-state index contributed by atoms with van der Waals surface area (Å²) >= 11 is 5.38. The van der Waals surface area contributed by atoms with Crippen molar-refractivity contribution in [2.75, 3.05) is 32.8 Å². The van der Waals surface area contributed by atoms with Crippen LogP contribution in [0, 0.1) is 0 Å². The molecule has 1 aromatic carbocycles. The van der Waals surface area contributed by atoms with Gasteiger partial charge in [0.05, 0.1) is 24.2 Å². The number of amides is 1. The molecule has 0 aliphatic carbocycles. The van der Waals surface area contributed by atoms with Crippen molar-refractivity contribution in [1.29, 1.82) is 0 Å². The van der Waals surface area contributed by atoms with Gasteiger partial charge in [0, 0.05) is 26.1 Å². The summed E-state index contributed by atoms with van der Waals surface area (Å²) in [6.45, 7) is 7.39. The minimum Gasteiger partial charge on any atom is -0.378 e. The second-order valence-corrected chi connectivity index (χ2v) is 6.13. The maximum absolute atomic E-state index is 12.3. The third-order valence-corrected chi connectivity index (χ3v) is 4.32. The molecule has 0 bridgehead atoms. The maximum Gasteiger partial charge on any atom is 0.224 e. The SMILES string of the molecule is CC(=S)N(CCC(=O)N1CCOCC1)[C@@H](C)c1ccccc1. The van der Waals surface area contributed by atoms with Crippen LogP contribution in [0.5, 0.6) is 0 Å². The van der Waals surface area contributed by atoms with E-state index in [0.29, 0.717) is 39.3 Å². The number of carbonyl (C=O) groups excluding carboxylic acids is 1. The fourth-order valence-electron chi connectivity index (χ4n) is 2.72. The van der Waals surface area contributed by atoms with Crippen LogP contribution in [0.3, 0.4) is 0 Å². The molecule has 1 heterocycles. The zero-order valence-corrected chi connectivity index (χ0v) is 14.1. The molecule has 0 unspecified atom stereocenters. The van der Waals surface area contributed by atoms with Gasteiger partial charge >= 0.3 is 0 Å². The molecule has 0 N–H and O–H groups in total. The molecule has 2 rings (SSSR count). The van der Waals surface area contributed by atoms with Crippen LogP contribution in [0.2, 0.25) is 0 Å². The average Bonchev–Trinajstić information content (AvgIpc) is 2.56. The van der Waals surface area contributed by atoms with Gasteiger partial charge in [-0.2, -0.15) is 0 Å². The van der Waals surface area contributed by atoms with Crippen molar-refractivity contribution >= 4 is 23.1 Å². The Bertz CT molecular complexity index is 501. The highest BCUT2D eigenvalue weighted by Gasteiger charge is 2.20. The predicted molar refractivity (Wildman–Crippen MR) is 91.9 cm³/mol. The molecule has 0 aromatic heterocycles. The van der Waals surface area contributed by atoms with Crippen LogP contribution in [-0.2, 0) is 9.53 Å². The van der Waals surface area contributed by atoms with Crippen molar-refractivity contribution in [2.24, 2.45) is 0 Å². The molecule has 0 spiro atoms. The van der Waals surface area contributed by atoms with E-state index in [-0.39, 0.29) is 11.9 Å². The van der Waals surface area contributed by atoms with Crippen LogP contribution >= 0.6 is 12.2 Å². The van der Waals surface area contributed by atoms with Crippen molar-refractivity contribution in [1.82, 2.24) is 9.80 Å². The van der Waals surface area contributed by atoms with Gasteiger partial charge in [0.15, 0.2) is 0 Å². The Kier molecular flexibility index (Phi) is 6.34. The monoisotopic (exact) mass is 320 g/mol. The van der Waals surface area contributed by atoms with Crippen LogP contribution in [0.15, 0.2) is 30.3 Å². The number of ether oxygens (including phenoxy) is 1. The molecule has 1 aromatic rings. The topological polar surface area (TPSA) is 32.8 Å². The van der Waals surface area contributed by atoms with E-state index in [4.69, 9.17) is 17.0 Å². The quantitative estimate of drug-likeness (QED) is 0.781. The zero-order valence-electron chi connectivity index (χ0n) is 13.3. The lowest BCUT2D eigenvalue weighted by Gasteiger charge is -2.32. The normalized spacial score (nSPS) is 16.2. The zero-order chi connectivity index (χ0) is 15.9. The van der Waals surface area contributed by atoms with Gasteiger partial charge in [-0.25, -0.2) is 0 Å². The van der Waals surface area contributed by atoms with Gasteiger partial charge in [0.1, 0.15) is 0 Å². The van der Waals surface area contributed by atoms with Crippen molar-refractivity contribution in [3.63, 3.8) is 0 Å². The number of thiocarbonyl (C=S) groups is 1. The molecule has 5 heteroatoms. The molecule has 0 saturated carbocycles. The second kappa shape index (κ2) is 8.25. The number of morpholine rings is 1. The Morgan fingerprint density at radius 2 is 1.95 bits per heavy atom. The standard InChI is InChI=1S/C17H24N2O2S/c1-14(16-6-4-3-5-7-16)19(15(2)22)9-8-17(20)18-10-12-21-13-11-18/h3-7,14H,8-13H2,1-2H3/t14-/m0/s1. The smallest absolute Gasteiger partial charge is 0.224 e. The summed E-state index contributed by atoms with van der Waals surface area (Å²) in [6, 6.07) is 10.4. The third kappa shape index (κ3) is 4.52. The van der Waals surface area contributed by atoms with Crippen molar-refractivity contribution in [3.05, 3.63) is 35.9 Å². The van der Waals surface area contributed by atoms with Gasteiger partial charge in [0.25, 0.3) is 0 Å². The summed E-state index contributed by atoms with van der Waals surface area (Å²) in [6.07, 6.45) is 0.491. The molecule has 1 aliphatic heterocycles. The first-order valence-electron chi connectivity index (χ1n) is 7.77. The number of rotatable bonds is 5. The van der Waals surface area contributed by atoms with Crippen LogP contribution in [0.25, 0.3) is 0 Å². The highest BCUT2D eigenvalue weighted by Crippen LogP contribution is 2.21. The van der Waals surface area contributed by atoms with Gasteiger partial charge in [-0.05, 0) is 19.4 Å². The van der Waals surface area contributed by atoms with E-state index in [9.17, 15) is 4.79 Å². The minimum absolute atomic E-state index is 0.177. The number of hydrogen-bond acceptors (Lipinski definition) is 3. The van der Waals surface area contributed by atoms with Crippen LogP contribution in [-0.4, -0.2) is 53.5 Å². The first-order valence-corrected chi connectivity index (χ1v) is 8.18. The Hall–Kier alpha value is -1.46. The first-order chi connectivity index (χ1) is 10.6. The predicted octanol–water partition coefficient (Wildman–Crippen LogP) is 2.65. The highest BCUT2D eigenvalue weighted by atomic mass is 32.1. The van der Waals surface area contributed by atoms with Crippen molar-refractivity contribution in [2.45, 2.75) is 26.3 Å². The molecule has 4 nitrogen and oxygen atoms in total. The fraction of sp³-hybridized carbons (Fsp3) is 0.529. The van der Waals surface area contributed by atoms with E-state index < -0.39 is 0 Å². The van der Waals surface area contributed by atoms with Gasteiger partial charge in [-0.1, -0.05) is 42.5 Å². The van der Waals surface area contributed by atoms with Gasteiger partial charge in [0.2, 0.25) is 5.91 Å². The maximum atomic E-state index is 12.3. The molecule has 1 saturated heterocycles. The van der Waals surface area contributed by atoms with Crippen molar-refractivity contribution < 1.29 is 9.53 Å². The van der Waals surface area contributed by atoms with E-state index in [1.54, 1.807) is 0 Å². The van der Waals surface area contributed by atoms with Crippen molar-refractivity contribution in [3.8, 4) is 0 Å². The molecule has 0 radical (unpaired) electrons. The lowest BCUT2D eigenvalue weighted by molar-refractivity contribution is -0.135. The lowest BCUT2D eigenvalue weighted by atomic mass is 10.1. The minimum atomic E-state index is 0.177. The summed E-state index contributed by atoms with van der Waals surface area (Å²) < 4.78 is 5.28. The molecule has 1 atom stereocenters. The van der Waals surface area contributed by atoms with Gasteiger partial charge in [-0.3, -0.25) is 4.79 Å². The Morgan fingerprint density at radius 1 is 1.32 bits per heavy atom. The number of hydrogen-bond donors (Lipinski definition) is 0. The van der Waals surface area contributed by atoms with Crippen LogP contribution in [0.1, 0.15) is 31.9 Å². The number of carbonyl (C=O) groups is 1. The van der Waals surface area contributed by atoms with Gasteiger partial charge in [-0.15, -0.1) is 0 Å². The van der Waals surface area contributed by atoms with E-state index in [0.717, 1.165) is 4.99 Å². The second-order valence-electron chi connectivity index (χ2n) is 5.54. The van der Waals surface area contributed by atoms with E-state index in [2.05, 4.69) is 24.0 Å². The highest BCUT2D eigenvalue weighted by molar-refractivity contribution is 7.80. The molecule has 1 aliphatic rings. The summed E-state index contributed by atoms with van der Waals surface area (Å²) in [7, 11) is 0. The van der Waals surface area contributed by atoms with Gasteiger partial charge < -0.3 is 14.5 Å². The third-order valence-electron chi connectivity index (χ3n) is 4.08. The number of nitrogens with zero attached hydrogens (tertiary/aromatic N) is 2. The Labute approximate surface area is 138 Å². The van der Waals surface area contributed by atoms with E-state index >= 15 is 0 Å². The summed E-state index contributed by atoms with van der Waals surface area (Å²) in [4.78, 5) is 17.1. The van der Waals surface area contributed by atoms with Crippen LogP contribution < -0.4 is 0 Å². The van der Waals surface area contributed by atoms with E-state index in [1.807, 2.05) is 30.0 Å². The molecule has 1 fully saturated rings. The molecular weight excluding hydrogens is 296 g/mol.